The molecule has 1 aliphatic carbocycles. The molecule has 168 valence electrons. The van der Waals surface area contributed by atoms with Gasteiger partial charge in [0.2, 0.25) is 0 Å². The Morgan fingerprint density at radius 1 is 1.15 bits per heavy atom. The molecule has 0 radical (unpaired) electrons. The minimum Gasteiger partial charge on any atom is -0.492 e. The maximum atomic E-state index is 12.4. The number of aryl methyl sites for hydroxylation is 1. The van der Waals surface area contributed by atoms with Gasteiger partial charge in [0, 0.05) is 23.0 Å². The molecule has 0 atom stereocenters. The lowest BCUT2D eigenvalue weighted by Gasteiger charge is -2.35. The number of carbonyl (C=O) groups is 1. The van der Waals surface area contributed by atoms with Crippen molar-refractivity contribution in [3.8, 4) is 22.3 Å². The molecule has 1 fully saturated rings. The number of hydrogen-bond donors (Lipinski definition) is 1. The quantitative estimate of drug-likeness (QED) is 0.445. The fourth-order valence-electron chi connectivity index (χ4n) is 3.95. The highest BCUT2D eigenvalue weighted by molar-refractivity contribution is 7.14. The molecule has 33 heavy (non-hydrogen) atoms. The van der Waals surface area contributed by atoms with E-state index in [1.807, 2.05) is 25.1 Å². The molecule has 4 heterocycles. The summed E-state index contributed by atoms with van der Waals surface area (Å²) >= 11 is 1.69. The molecule has 5 rings (SSSR count). The maximum Gasteiger partial charge on any atom is 0.270 e. The number of pyridine rings is 2. The molecular formula is C24H24N6O2S. The second-order valence-corrected chi connectivity index (χ2v) is 9.23. The average Bonchev–Trinajstić information content (AvgIpc) is 3.43. The number of nitrogens with one attached hydrogen (secondary N) is 1. The van der Waals surface area contributed by atoms with Crippen LogP contribution in [-0.2, 0) is 0 Å². The number of amides is 1. The van der Waals surface area contributed by atoms with Crippen LogP contribution in [0.1, 0.15) is 46.9 Å². The number of nitrogens with zero attached hydrogens (tertiary/aromatic N) is 5. The van der Waals surface area contributed by atoms with Crippen LogP contribution in [0, 0.1) is 6.92 Å². The third kappa shape index (κ3) is 4.36. The van der Waals surface area contributed by atoms with Gasteiger partial charge in [-0.2, -0.15) is 0 Å². The highest BCUT2D eigenvalue weighted by Crippen LogP contribution is 2.39. The molecule has 0 unspecified atom stereocenters. The normalized spacial score (nSPS) is 17.4. The van der Waals surface area contributed by atoms with E-state index in [2.05, 4.69) is 49.1 Å². The predicted octanol–water partition coefficient (Wildman–Crippen LogP) is 4.17. The summed E-state index contributed by atoms with van der Waals surface area (Å²) in [4.78, 5) is 22.3. The highest BCUT2D eigenvalue weighted by atomic mass is 32.1. The van der Waals surface area contributed by atoms with Crippen molar-refractivity contribution in [3.05, 3.63) is 71.3 Å². The van der Waals surface area contributed by atoms with Crippen LogP contribution in [0.2, 0.25) is 0 Å². The van der Waals surface area contributed by atoms with Crippen molar-refractivity contribution < 1.29 is 9.53 Å². The van der Waals surface area contributed by atoms with Crippen LogP contribution in [0.4, 0.5) is 0 Å². The van der Waals surface area contributed by atoms with Gasteiger partial charge in [-0.25, -0.2) is 4.98 Å². The highest BCUT2D eigenvalue weighted by Gasteiger charge is 2.36. The molecule has 1 aliphatic rings. The second kappa shape index (κ2) is 9.11. The summed E-state index contributed by atoms with van der Waals surface area (Å²) in [6.45, 7) is 4.62. The fourth-order valence-corrected chi connectivity index (χ4v) is 4.83. The van der Waals surface area contributed by atoms with Gasteiger partial charge in [-0.1, -0.05) is 6.07 Å². The summed E-state index contributed by atoms with van der Waals surface area (Å²) in [6.07, 6.45) is 4.94. The molecule has 1 amide bonds. The van der Waals surface area contributed by atoms with Crippen molar-refractivity contribution in [2.75, 3.05) is 6.61 Å². The van der Waals surface area contributed by atoms with Crippen LogP contribution in [-0.4, -0.2) is 43.3 Å². The predicted molar refractivity (Wildman–Crippen MR) is 126 cm³/mol. The van der Waals surface area contributed by atoms with Gasteiger partial charge in [0.1, 0.15) is 28.0 Å². The first-order chi connectivity index (χ1) is 16.1. The van der Waals surface area contributed by atoms with E-state index < -0.39 is 0 Å². The van der Waals surface area contributed by atoms with Gasteiger partial charge in [-0.3, -0.25) is 14.3 Å². The number of aromatic nitrogens is 5. The molecule has 4 aromatic rings. The van der Waals surface area contributed by atoms with Gasteiger partial charge in [0.25, 0.3) is 5.91 Å². The summed E-state index contributed by atoms with van der Waals surface area (Å²) in [5.74, 6) is 2.38. The van der Waals surface area contributed by atoms with Crippen LogP contribution in [0.3, 0.4) is 0 Å². The van der Waals surface area contributed by atoms with Gasteiger partial charge in [-0.15, -0.1) is 21.5 Å². The zero-order valence-corrected chi connectivity index (χ0v) is 19.2. The Morgan fingerprint density at radius 3 is 2.70 bits per heavy atom. The van der Waals surface area contributed by atoms with Crippen molar-refractivity contribution in [1.29, 1.82) is 0 Å². The zero-order valence-electron chi connectivity index (χ0n) is 18.4. The summed E-state index contributed by atoms with van der Waals surface area (Å²) in [5.41, 5.74) is 1.17. The molecule has 0 aliphatic heterocycles. The van der Waals surface area contributed by atoms with Crippen LogP contribution in [0.5, 0.6) is 5.75 Å². The first-order valence-electron chi connectivity index (χ1n) is 11.0. The molecule has 0 bridgehead atoms. The summed E-state index contributed by atoms with van der Waals surface area (Å²) in [7, 11) is 0. The number of thiophene rings is 1. The summed E-state index contributed by atoms with van der Waals surface area (Å²) < 4.78 is 7.62. The number of carbonyl (C=O) groups excluding carboxylic acids is 1. The molecule has 0 saturated heterocycles. The first kappa shape index (κ1) is 21.3. The van der Waals surface area contributed by atoms with E-state index in [0.29, 0.717) is 18.1 Å². The van der Waals surface area contributed by atoms with E-state index in [-0.39, 0.29) is 17.9 Å². The third-order valence-corrected chi connectivity index (χ3v) is 6.63. The topological polar surface area (TPSA) is 94.8 Å². The van der Waals surface area contributed by atoms with Gasteiger partial charge in [-0.05, 0) is 63.1 Å². The smallest absolute Gasteiger partial charge is 0.270 e. The second-order valence-electron chi connectivity index (χ2n) is 7.97. The molecule has 0 aromatic carbocycles. The van der Waals surface area contributed by atoms with E-state index in [4.69, 9.17) is 4.74 Å². The van der Waals surface area contributed by atoms with E-state index in [0.717, 1.165) is 35.1 Å². The number of hydrogen-bond acceptors (Lipinski definition) is 7. The monoisotopic (exact) mass is 460 g/mol. The fraction of sp³-hybridized carbons (Fsp3) is 0.292. The van der Waals surface area contributed by atoms with Gasteiger partial charge >= 0.3 is 0 Å². The Labute approximate surface area is 195 Å². The van der Waals surface area contributed by atoms with Crippen molar-refractivity contribution in [2.45, 2.75) is 38.6 Å². The average molecular weight is 461 g/mol. The van der Waals surface area contributed by atoms with Crippen LogP contribution in [0.25, 0.3) is 16.5 Å². The van der Waals surface area contributed by atoms with E-state index in [9.17, 15) is 4.79 Å². The van der Waals surface area contributed by atoms with Gasteiger partial charge in [0.05, 0.1) is 12.8 Å². The van der Waals surface area contributed by atoms with E-state index in [1.165, 1.54) is 4.88 Å². The number of rotatable bonds is 7. The van der Waals surface area contributed by atoms with Crippen LogP contribution < -0.4 is 10.1 Å². The Kier molecular flexibility index (Phi) is 5.87. The molecule has 8 nitrogen and oxygen atoms in total. The molecular weight excluding hydrogens is 436 g/mol. The zero-order chi connectivity index (χ0) is 22.8. The first-order valence-corrected chi connectivity index (χ1v) is 11.8. The van der Waals surface area contributed by atoms with Gasteiger partial charge < -0.3 is 10.1 Å². The summed E-state index contributed by atoms with van der Waals surface area (Å²) in [5, 5.41) is 13.2. The Bertz CT molecular complexity index is 1250. The summed E-state index contributed by atoms with van der Waals surface area (Å²) in [6, 6.07) is 13.4. The van der Waals surface area contributed by atoms with Gasteiger partial charge in [0.15, 0.2) is 5.82 Å². The molecule has 1 saturated carbocycles. The van der Waals surface area contributed by atoms with Crippen molar-refractivity contribution in [1.82, 2.24) is 30.0 Å². The van der Waals surface area contributed by atoms with E-state index >= 15 is 0 Å². The largest absolute Gasteiger partial charge is 0.492 e. The lowest BCUT2D eigenvalue weighted by atomic mass is 9.79. The maximum absolute atomic E-state index is 12.4. The van der Waals surface area contributed by atoms with Crippen LogP contribution >= 0.6 is 11.3 Å². The Balaban J connectivity index is 1.38. The Morgan fingerprint density at radius 2 is 2.03 bits per heavy atom. The standard InChI is InChI=1S/C24H24N6O2S/c1-3-32-18-8-9-19(26-14-18)23-29-28-22(30(23)21-10-7-15(2)33-21)16-12-17(13-16)27-24(31)20-6-4-5-11-25-20/h4-11,14,16-17H,3,12-13H2,1-2H3,(H,27,31). The Hall–Kier alpha value is -3.59. The van der Waals surface area contributed by atoms with Crippen molar-refractivity contribution in [2.24, 2.45) is 0 Å². The van der Waals surface area contributed by atoms with Crippen molar-refractivity contribution >= 4 is 17.2 Å². The molecule has 0 spiro atoms. The lowest BCUT2D eigenvalue weighted by Crippen LogP contribution is -2.44. The molecule has 4 aromatic heterocycles. The minimum absolute atomic E-state index is 0.0896. The third-order valence-electron chi connectivity index (χ3n) is 5.65. The van der Waals surface area contributed by atoms with Crippen LogP contribution in [0.15, 0.2) is 54.9 Å². The molecule has 9 heteroatoms. The number of ether oxygens (including phenoxy) is 1. The minimum atomic E-state index is -0.145. The lowest BCUT2D eigenvalue weighted by molar-refractivity contribution is 0.0902. The molecule has 1 N–H and O–H groups in total. The SMILES string of the molecule is CCOc1ccc(-c2nnc(C3CC(NC(=O)c4ccccn4)C3)n2-c2ccc(C)s2)nc1. The van der Waals surface area contributed by atoms with Crippen molar-refractivity contribution in [3.63, 3.8) is 0 Å². The van der Waals surface area contributed by atoms with E-state index in [1.54, 1.807) is 35.9 Å².